The minimum Gasteiger partial charge on any atom is -0.371 e. The molecule has 2 aliphatic heterocycles. The minimum atomic E-state index is 0.140. The molecule has 4 nitrogen and oxygen atoms in total. The molecule has 0 saturated carbocycles. The van der Waals surface area contributed by atoms with Crippen molar-refractivity contribution in [1.82, 2.24) is 4.31 Å². The third-order valence-corrected chi connectivity index (χ3v) is 6.69. The van der Waals surface area contributed by atoms with Crippen LogP contribution in [0.2, 0.25) is 0 Å². The molecular weight excluding hydrogens is 366 g/mol. The van der Waals surface area contributed by atoms with E-state index in [1.54, 1.807) is 6.92 Å². The van der Waals surface area contributed by atoms with Crippen molar-refractivity contribution in [2.24, 2.45) is 0 Å². The van der Waals surface area contributed by atoms with Crippen LogP contribution in [0.3, 0.4) is 0 Å². The van der Waals surface area contributed by atoms with Gasteiger partial charge in [0.15, 0.2) is 0 Å². The molecule has 0 aliphatic carbocycles. The van der Waals surface area contributed by atoms with Crippen molar-refractivity contribution < 1.29 is 4.79 Å². The molecule has 2 heterocycles. The van der Waals surface area contributed by atoms with Crippen molar-refractivity contribution in [3.05, 3.63) is 53.6 Å². The van der Waals surface area contributed by atoms with Crippen LogP contribution < -0.4 is 9.80 Å². The highest BCUT2D eigenvalue weighted by Crippen LogP contribution is 2.33. The van der Waals surface area contributed by atoms with Crippen LogP contribution in [0.25, 0.3) is 0 Å². The average Bonchev–Trinajstić information content (AvgIpc) is 3.07. The van der Waals surface area contributed by atoms with Crippen LogP contribution >= 0.6 is 11.9 Å². The highest BCUT2D eigenvalue weighted by Gasteiger charge is 2.23. The largest absolute Gasteiger partial charge is 0.371 e. The fourth-order valence-corrected chi connectivity index (χ4v) is 5.25. The first-order chi connectivity index (χ1) is 13.6. The van der Waals surface area contributed by atoms with E-state index in [1.165, 1.54) is 34.6 Å². The molecular formula is C23H29N3OS. The maximum Gasteiger partial charge on any atom is 0.223 e. The Morgan fingerprint density at radius 1 is 0.964 bits per heavy atom. The summed E-state index contributed by atoms with van der Waals surface area (Å²) in [5.41, 5.74) is 5.09. The summed E-state index contributed by atoms with van der Waals surface area (Å²) in [4.78, 5) is 17.4. The summed E-state index contributed by atoms with van der Waals surface area (Å²) in [6, 6.07) is 15.4. The van der Waals surface area contributed by atoms with Gasteiger partial charge in [0, 0.05) is 55.9 Å². The normalized spacial score (nSPS) is 17.9. The van der Waals surface area contributed by atoms with Crippen LogP contribution in [-0.2, 0) is 11.2 Å². The Bertz CT molecular complexity index is 843. The molecule has 2 aliphatic rings. The second-order valence-electron chi connectivity index (χ2n) is 7.76. The highest BCUT2D eigenvalue weighted by atomic mass is 32.2. The van der Waals surface area contributed by atoms with Crippen molar-refractivity contribution in [1.29, 1.82) is 0 Å². The molecule has 0 atom stereocenters. The predicted octanol–water partition coefficient (Wildman–Crippen LogP) is 4.51. The van der Waals surface area contributed by atoms with Crippen molar-refractivity contribution in [2.75, 3.05) is 42.5 Å². The molecule has 1 saturated heterocycles. The lowest BCUT2D eigenvalue weighted by molar-refractivity contribution is -0.116. The zero-order valence-corrected chi connectivity index (χ0v) is 17.7. The smallest absolute Gasteiger partial charge is 0.223 e. The molecule has 0 N–H and O–H groups in total. The quantitative estimate of drug-likeness (QED) is 0.714. The zero-order valence-electron chi connectivity index (χ0n) is 16.9. The fourth-order valence-electron chi connectivity index (χ4n) is 4.18. The Hall–Kier alpha value is -1.98. The van der Waals surface area contributed by atoms with E-state index in [0.29, 0.717) is 0 Å². The summed E-state index contributed by atoms with van der Waals surface area (Å²) < 4.78 is 2.51. The Labute approximate surface area is 172 Å². The van der Waals surface area contributed by atoms with Gasteiger partial charge in [-0.2, -0.15) is 0 Å². The fraction of sp³-hybridized carbons (Fsp3) is 0.435. The van der Waals surface area contributed by atoms with Crippen LogP contribution in [0.5, 0.6) is 0 Å². The molecule has 148 valence electrons. The van der Waals surface area contributed by atoms with Gasteiger partial charge in [0.2, 0.25) is 5.91 Å². The molecule has 1 amide bonds. The monoisotopic (exact) mass is 395 g/mol. The Morgan fingerprint density at radius 2 is 1.75 bits per heavy atom. The van der Waals surface area contributed by atoms with Gasteiger partial charge in [-0.05, 0) is 79.6 Å². The van der Waals surface area contributed by atoms with Crippen LogP contribution in [0.1, 0.15) is 30.9 Å². The highest BCUT2D eigenvalue weighted by molar-refractivity contribution is 7.97. The van der Waals surface area contributed by atoms with Gasteiger partial charge in [0.05, 0.1) is 0 Å². The molecule has 28 heavy (non-hydrogen) atoms. The van der Waals surface area contributed by atoms with Crippen LogP contribution in [0, 0.1) is 6.92 Å². The Balaban J connectivity index is 1.35. The second-order valence-corrected chi connectivity index (χ2v) is 8.94. The van der Waals surface area contributed by atoms with Gasteiger partial charge >= 0.3 is 0 Å². The Morgan fingerprint density at radius 3 is 2.46 bits per heavy atom. The van der Waals surface area contributed by atoms with E-state index >= 15 is 0 Å². The van der Waals surface area contributed by atoms with Crippen molar-refractivity contribution in [2.45, 2.75) is 38.0 Å². The number of rotatable bonds is 3. The van der Waals surface area contributed by atoms with E-state index in [4.69, 9.17) is 0 Å². The van der Waals surface area contributed by atoms with Gasteiger partial charge in [-0.25, -0.2) is 4.31 Å². The predicted molar refractivity (Wildman–Crippen MR) is 118 cm³/mol. The number of hydrogen-bond acceptors (Lipinski definition) is 4. The molecule has 2 aromatic rings. The topological polar surface area (TPSA) is 26.8 Å². The molecule has 4 rings (SSSR count). The molecule has 0 aromatic heterocycles. The third-order valence-electron chi connectivity index (χ3n) is 5.60. The van der Waals surface area contributed by atoms with E-state index in [1.807, 2.05) is 16.8 Å². The number of amides is 1. The lowest BCUT2D eigenvalue weighted by atomic mass is 10.2. The molecule has 0 bridgehead atoms. The van der Waals surface area contributed by atoms with Crippen molar-refractivity contribution in [3.8, 4) is 0 Å². The molecule has 1 fully saturated rings. The van der Waals surface area contributed by atoms with Gasteiger partial charge in [0.1, 0.15) is 0 Å². The van der Waals surface area contributed by atoms with Crippen LogP contribution in [-0.4, -0.2) is 42.9 Å². The maximum atomic E-state index is 11.7. The first kappa shape index (κ1) is 19.3. The summed E-state index contributed by atoms with van der Waals surface area (Å²) >= 11 is 1.87. The first-order valence-electron chi connectivity index (χ1n) is 10.3. The van der Waals surface area contributed by atoms with Gasteiger partial charge in [-0.1, -0.05) is 12.1 Å². The summed E-state index contributed by atoms with van der Waals surface area (Å²) in [6.07, 6.45) is 3.31. The standard InChI is InChI=1S/C23H29N3OS/c1-18-6-3-7-21(16-18)24-11-4-13-25(14-5-12-24)28-22-8-9-23-20(17-22)10-15-26(23)19(2)27/h3,6-9,16-17H,4-5,10-15H2,1-2H3. The third kappa shape index (κ3) is 4.36. The van der Waals surface area contributed by atoms with E-state index in [0.717, 1.165) is 44.8 Å². The summed E-state index contributed by atoms with van der Waals surface area (Å²) in [7, 11) is 0. The van der Waals surface area contributed by atoms with Crippen LogP contribution in [0.15, 0.2) is 47.4 Å². The summed E-state index contributed by atoms with van der Waals surface area (Å²) in [5.74, 6) is 0.140. The number of nitrogens with zero attached hydrogens (tertiary/aromatic N) is 3. The number of aryl methyl sites for hydroxylation is 1. The molecule has 0 unspecified atom stereocenters. The van der Waals surface area contributed by atoms with Gasteiger partial charge < -0.3 is 9.80 Å². The average molecular weight is 396 g/mol. The summed E-state index contributed by atoms with van der Waals surface area (Å²) in [6.45, 7) is 9.05. The number of anilines is 2. The lowest BCUT2D eigenvalue weighted by Crippen LogP contribution is -2.34. The SMILES string of the molecule is CC(=O)N1CCc2cc(SN3CCCN(c4cccc(C)c4)CCC3)ccc21. The number of fused-ring (bicyclic) bond motifs is 1. The second kappa shape index (κ2) is 8.58. The Kier molecular flexibility index (Phi) is 5.93. The maximum absolute atomic E-state index is 11.7. The molecule has 0 spiro atoms. The molecule has 2 aromatic carbocycles. The van der Waals surface area contributed by atoms with E-state index in [2.05, 4.69) is 58.6 Å². The molecule has 0 radical (unpaired) electrons. The summed E-state index contributed by atoms with van der Waals surface area (Å²) in [5, 5.41) is 0. The number of hydrogen-bond donors (Lipinski definition) is 0. The minimum absolute atomic E-state index is 0.140. The lowest BCUT2D eigenvalue weighted by Gasteiger charge is -2.31. The van der Waals surface area contributed by atoms with E-state index in [9.17, 15) is 4.79 Å². The number of carbonyl (C=O) groups is 1. The number of benzene rings is 2. The van der Waals surface area contributed by atoms with E-state index < -0.39 is 0 Å². The van der Waals surface area contributed by atoms with Crippen LogP contribution in [0.4, 0.5) is 11.4 Å². The van der Waals surface area contributed by atoms with Gasteiger partial charge in [-0.3, -0.25) is 4.79 Å². The van der Waals surface area contributed by atoms with E-state index in [-0.39, 0.29) is 5.91 Å². The zero-order chi connectivity index (χ0) is 19.5. The first-order valence-corrected chi connectivity index (χ1v) is 11.0. The molecule has 5 heteroatoms. The van der Waals surface area contributed by atoms with Gasteiger partial charge in [-0.15, -0.1) is 0 Å². The van der Waals surface area contributed by atoms with Crippen molar-refractivity contribution >= 4 is 29.2 Å². The number of carbonyl (C=O) groups excluding carboxylic acids is 1. The van der Waals surface area contributed by atoms with Crippen molar-refractivity contribution in [3.63, 3.8) is 0 Å². The van der Waals surface area contributed by atoms with Gasteiger partial charge in [0.25, 0.3) is 0 Å².